The van der Waals surface area contributed by atoms with Crippen LogP contribution in [0.1, 0.15) is 11.1 Å². The quantitative estimate of drug-likeness (QED) is 0.617. The van der Waals surface area contributed by atoms with E-state index in [1.807, 2.05) is 0 Å². The highest BCUT2D eigenvalue weighted by atomic mass is 19.4. The van der Waals surface area contributed by atoms with Crippen LogP contribution in [0.2, 0.25) is 0 Å². The van der Waals surface area contributed by atoms with Crippen LogP contribution in [0.15, 0.2) is 42.9 Å². The zero-order valence-electron chi connectivity index (χ0n) is 11.2. The van der Waals surface area contributed by atoms with Gasteiger partial charge in [-0.1, -0.05) is 12.1 Å². The molecule has 9 heteroatoms. The first-order valence-electron chi connectivity index (χ1n) is 6.24. The van der Waals surface area contributed by atoms with Crippen LogP contribution in [0.4, 0.5) is 26.3 Å². The van der Waals surface area contributed by atoms with E-state index in [1.54, 1.807) is 0 Å². The van der Waals surface area contributed by atoms with Crippen LogP contribution in [0.5, 0.6) is 0 Å². The Kier molecular flexibility index (Phi) is 3.31. The summed E-state index contributed by atoms with van der Waals surface area (Å²) in [5, 5.41) is 3.63. The topological polar surface area (TPSA) is 30.2 Å². The molecule has 2 heterocycles. The Morgan fingerprint density at radius 3 is 2.22 bits per heavy atom. The zero-order valence-corrected chi connectivity index (χ0v) is 11.2. The Hall–Kier alpha value is -2.58. The van der Waals surface area contributed by atoms with Crippen LogP contribution in [0, 0.1) is 0 Å². The summed E-state index contributed by atoms with van der Waals surface area (Å²) in [4.78, 5) is 3.81. The normalized spacial score (nSPS) is 12.8. The minimum Gasteiger partial charge on any atom is -0.220 e. The Balaban J connectivity index is 2.25. The van der Waals surface area contributed by atoms with Crippen molar-refractivity contribution in [3.63, 3.8) is 0 Å². The maximum Gasteiger partial charge on any atom is 0.417 e. The van der Waals surface area contributed by atoms with E-state index in [2.05, 4.69) is 10.1 Å². The molecule has 1 aromatic carbocycles. The van der Waals surface area contributed by atoms with Crippen LogP contribution in [-0.2, 0) is 12.4 Å². The van der Waals surface area contributed by atoms with Crippen LogP contribution < -0.4 is 0 Å². The van der Waals surface area contributed by atoms with Gasteiger partial charge in [0.05, 0.1) is 11.1 Å². The lowest BCUT2D eigenvalue weighted by atomic mass is 10.0. The molecule has 0 fully saturated rings. The lowest BCUT2D eigenvalue weighted by Gasteiger charge is -2.12. The monoisotopic (exact) mass is 331 g/mol. The average Bonchev–Trinajstić information content (AvgIpc) is 2.93. The van der Waals surface area contributed by atoms with Crippen LogP contribution in [0.25, 0.3) is 16.8 Å². The fraction of sp³-hybridized carbons (Fsp3) is 0.143. The summed E-state index contributed by atoms with van der Waals surface area (Å²) in [7, 11) is 0. The number of rotatable bonds is 1. The summed E-state index contributed by atoms with van der Waals surface area (Å²) in [5.74, 6) is 0. The molecule has 0 amide bonds. The number of benzene rings is 1. The number of halogens is 6. The first-order valence-corrected chi connectivity index (χ1v) is 6.24. The van der Waals surface area contributed by atoms with Crippen molar-refractivity contribution < 1.29 is 26.3 Å². The zero-order chi connectivity index (χ0) is 16.8. The third-order valence-electron chi connectivity index (χ3n) is 3.20. The molecule has 2 aromatic heterocycles. The van der Waals surface area contributed by atoms with Gasteiger partial charge in [0.2, 0.25) is 0 Å². The van der Waals surface area contributed by atoms with Crippen molar-refractivity contribution >= 4 is 5.65 Å². The van der Waals surface area contributed by atoms with E-state index in [0.29, 0.717) is 0 Å². The third kappa shape index (κ3) is 2.86. The Morgan fingerprint density at radius 2 is 1.57 bits per heavy atom. The molecular formula is C14H7F6N3. The molecule has 0 aliphatic carbocycles. The fourth-order valence-corrected chi connectivity index (χ4v) is 2.16. The number of fused-ring (bicyclic) bond motifs is 1. The summed E-state index contributed by atoms with van der Waals surface area (Å²) < 4.78 is 78.1. The van der Waals surface area contributed by atoms with Gasteiger partial charge in [-0.3, -0.25) is 0 Å². The lowest BCUT2D eigenvalue weighted by molar-refractivity contribution is -0.138. The molecule has 0 saturated carbocycles. The standard InChI is InChI=1S/C14H7F6N3/c15-13(16,17)9-3-1-2-8(4-9)11-5-10(14(18,19)20)6-23-12(11)21-7-22-23/h1-7H. The summed E-state index contributed by atoms with van der Waals surface area (Å²) in [6, 6.07) is 4.81. The van der Waals surface area contributed by atoms with E-state index in [-0.39, 0.29) is 16.8 Å². The van der Waals surface area contributed by atoms with Gasteiger partial charge < -0.3 is 0 Å². The SMILES string of the molecule is FC(F)(F)c1cccc(-c2cc(C(F)(F)F)cn3ncnc23)c1. The van der Waals surface area contributed by atoms with Crippen molar-refractivity contribution in [2.75, 3.05) is 0 Å². The first kappa shape index (κ1) is 15.3. The number of hydrogen-bond acceptors (Lipinski definition) is 2. The Morgan fingerprint density at radius 1 is 0.870 bits per heavy atom. The van der Waals surface area contributed by atoms with Gasteiger partial charge in [-0.2, -0.15) is 31.4 Å². The number of nitrogens with zero attached hydrogens (tertiary/aromatic N) is 3. The highest BCUT2D eigenvalue weighted by Crippen LogP contribution is 2.36. The Labute approximate surface area is 125 Å². The molecule has 0 aliphatic heterocycles. The largest absolute Gasteiger partial charge is 0.417 e. The van der Waals surface area contributed by atoms with Crippen LogP contribution in [0.3, 0.4) is 0 Å². The van der Waals surface area contributed by atoms with Crippen LogP contribution >= 0.6 is 0 Å². The van der Waals surface area contributed by atoms with Crippen molar-refractivity contribution in [3.05, 3.63) is 54.0 Å². The Bertz CT molecular complexity index is 863. The molecule has 0 spiro atoms. The summed E-state index contributed by atoms with van der Waals surface area (Å²) >= 11 is 0. The highest BCUT2D eigenvalue weighted by Gasteiger charge is 2.33. The molecular weight excluding hydrogens is 324 g/mol. The van der Waals surface area contributed by atoms with E-state index in [1.165, 1.54) is 6.07 Å². The molecule has 0 bridgehead atoms. The summed E-state index contributed by atoms with van der Waals surface area (Å²) in [6.45, 7) is 0. The summed E-state index contributed by atoms with van der Waals surface area (Å²) in [6.07, 6.45) is -7.48. The smallest absolute Gasteiger partial charge is 0.220 e. The number of pyridine rings is 1. The number of aromatic nitrogens is 3. The molecule has 23 heavy (non-hydrogen) atoms. The number of hydrogen-bond donors (Lipinski definition) is 0. The molecule has 0 N–H and O–H groups in total. The van der Waals surface area contributed by atoms with Crippen molar-refractivity contribution in [2.24, 2.45) is 0 Å². The summed E-state index contributed by atoms with van der Waals surface area (Å²) in [5.41, 5.74) is -2.04. The van der Waals surface area contributed by atoms with Gasteiger partial charge in [-0.25, -0.2) is 9.50 Å². The average molecular weight is 331 g/mol. The maximum atomic E-state index is 12.9. The number of alkyl halides is 6. The lowest BCUT2D eigenvalue weighted by Crippen LogP contribution is -2.08. The van der Waals surface area contributed by atoms with E-state index < -0.39 is 23.5 Å². The first-order chi connectivity index (χ1) is 10.7. The highest BCUT2D eigenvalue weighted by molar-refractivity contribution is 5.78. The molecule has 120 valence electrons. The fourth-order valence-electron chi connectivity index (χ4n) is 2.16. The molecule has 3 aromatic rings. The van der Waals surface area contributed by atoms with Gasteiger partial charge in [-0.15, -0.1) is 0 Å². The maximum absolute atomic E-state index is 12.9. The molecule has 0 saturated heterocycles. The second-order valence-corrected chi connectivity index (χ2v) is 4.75. The van der Waals surface area contributed by atoms with Crippen molar-refractivity contribution in [1.29, 1.82) is 0 Å². The molecule has 0 unspecified atom stereocenters. The van der Waals surface area contributed by atoms with Gasteiger partial charge in [0.1, 0.15) is 6.33 Å². The van der Waals surface area contributed by atoms with Crippen LogP contribution in [-0.4, -0.2) is 14.6 Å². The van der Waals surface area contributed by atoms with Gasteiger partial charge in [0.15, 0.2) is 5.65 Å². The van der Waals surface area contributed by atoms with Gasteiger partial charge in [0, 0.05) is 11.8 Å². The molecule has 3 nitrogen and oxygen atoms in total. The van der Waals surface area contributed by atoms with Crippen molar-refractivity contribution in [3.8, 4) is 11.1 Å². The van der Waals surface area contributed by atoms with E-state index in [4.69, 9.17) is 0 Å². The minimum atomic E-state index is -4.66. The van der Waals surface area contributed by atoms with Gasteiger partial charge >= 0.3 is 12.4 Å². The molecule has 3 rings (SSSR count). The van der Waals surface area contributed by atoms with Crippen molar-refractivity contribution in [2.45, 2.75) is 12.4 Å². The van der Waals surface area contributed by atoms with Crippen molar-refractivity contribution in [1.82, 2.24) is 14.6 Å². The van der Waals surface area contributed by atoms with E-state index in [0.717, 1.165) is 41.3 Å². The second kappa shape index (κ2) is 4.97. The predicted molar refractivity (Wildman–Crippen MR) is 68.4 cm³/mol. The third-order valence-corrected chi connectivity index (χ3v) is 3.20. The predicted octanol–water partition coefficient (Wildman–Crippen LogP) is 4.43. The molecule has 0 radical (unpaired) electrons. The van der Waals surface area contributed by atoms with E-state index >= 15 is 0 Å². The van der Waals surface area contributed by atoms with Gasteiger partial charge in [-0.05, 0) is 23.8 Å². The van der Waals surface area contributed by atoms with E-state index in [9.17, 15) is 26.3 Å². The molecule has 0 aliphatic rings. The van der Waals surface area contributed by atoms with Gasteiger partial charge in [0.25, 0.3) is 0 Å². The second-order valence-electron chi connectivity index (χ2n) is 4.75. The molecule has 0 atom stereocenters. The minimum absolute atomic E-state index is 0.0241.